The van der Waals surface area contributed by atoms with Gasteiger partial charge < -0.3 is 10.3 Å². The fourth-order valence-corrected chi connectivity index (χ4v) is 1.75. The largest absolute Gasteiger partial charge is 0.351 e. The summed E-state index contributed by atoms with van der Waals surface area (Å²) in [7, 11) is 0. The summed E-state index contributed by atoms with van der Waals surface area (Å²) < 4.78 is 0.865. The predicted molar refractivity (Wildman–Crippen MR) is 44.4 cm³/mol. The van der Waals surface area contributed by atoms with Crippen LogP contribution in [-0.4, -0.2) is 10.9 Å². The average molecular weight is 215 g/mol. The second-order valence-corrected chi connectivity index (χ2v) is 3.49. The summed E-state index contributed by atoms with van der Waals surface area (Å²) in [4.78, 5) is 14.2. The first-order valence-electron chi connectivity index (χ1n) is 3.38. The van der Waals surface area contributed by atoms with E-state index in [4.69, 9.17) is 0 Å². The molecule has 1 aromatic rings. The van der Waals surface area contributed by atoms with E-state index in [0.717, 1.165) is 15.9 Å². The van der Waals surface area contributed by atoms with E-state index >= 15 is 0 Å². The number of aromatic amines is 1. The Labute approximate surface area is 72.3 Å². The van der Waals surface area contributed by atoms with Crippen LogP contribution in [0.2, 0.25) is 0 Å². The second-order valence-electron chi connectivity index (χ2n) is 2.64. The minimum Gasteiger partial charge on any atom is -0.351 e. The van der Waals surface area contributed by atoms with Crippen molar-refractivity contribution < 1.29 is 4.79 Å². The van der Waals surface area contributed by atoms with Crippen molar-refractivity contribution in [2.45, 2.75) is 13.0 Å². The van der Waals surface area contributed by atoms with Crippen molar-refractivity contribution in [3.8, 4) is 0 Å². The van der Waals surface area contributed by atoms with Crippen LogP contribution in [-0.2, 0) is 0 Å². The third-order valence-corrected chi connectivity index (χ3v) is 2.27. The molecule has 11 heavy (non-hydrogen) atoms. The summed E-state index contributed by atoms with van der Waals surface area (Å²) in [6.07, 6.45) is 0. The minimum absolute atomic E-state index is 0.00875. The van der Waals surface area contributed by atoms with Gasteiger partial charge in [-0.15, -0.1) is 0 Å². The second kappa shape index (κ2) is 2.11. The van der Waals surface area contributed by atoms with Crippen LogP contribution < -0.4 is 5.32 Å². The van der Waals surface area contributed by atoms with E-state index in [2.05, 4.69) is 26.2 Å². The molecule has 1 amide bonds. The Kier molecular flexibility index (Phi) is 1.32. The van der Waals surface area contributed by atoms with Crippen LogP contribution in [0.1, 0.15) is 29.0 Å². The highest BCUT2D eigenvalue weighted by molar-refractivity contribution is 9.10. The van der Waals surface area contributed by atoms with E-state index in [0.29, 0.717) is 0 Å². The van der Waals surface area contributed by atoms with Gasteiger partial charge in [0.15, 0.2) is 0 Å². The molecule has 58 valence electrons. The first-order valence-corrected chi connectivity index (χ1v) is 4.17. The zero-order chi connectivity index (χ0) is 8.01. The summed E-state index contributed by atoms with van der Waals surface area (Å²) in [5, 5.41) is 2.80. The Morgan fingerprint density at radius 1 is 1.64 bits per heavy atom. The molecular weight excluding hydrogens is 208 g/mol. The van der Waals surface area contributed by atoms with Gasteiger partial charge in [0, 0.05) is 0 Å². The third-order valence-electron chi connectivity index (χ3n) is 1.84. The Morgan fingerprint density at radius 3 is 3.00 bits per heavy atom. The number of hydrogen-bond donors (Lipinski definition) is 2. The van der Waals surface area contributed by atoms with Crippen LogP contribution in [0.25, 0.3) is 0 Å². The summed E-state index contributed by atoms with van der Waals surface area (Å²) in [6.45, 7) is 1.95. The van der Waals surface area contributed by atoms with Crippen molar-refractivity contribution in [2.75, 3.05) is 0 Å². The number of rotatable bonds is 0. The van der Waals surface area contributed by atoms with Crippen molar-refractivity contribution in [3.05, 3.63) is 21.9 Å². The minimum atomic E-state index is 0.00875. The number of halogens is 1. The fourth-order valence-electron chi connectivity index (χ4n) is 1.31. The quantitative estimate of drug-likeness (QED) is 0.677. The standard InChI is InChI=1S/C7H7BrN2O/c1-3-6-4(7(11)9-3)2-5(8)10-6/h2-3,10H,1H3,(H,9,11)/t3-/m1/s1. The molecular formula is C7H7BrN2O. The number of amides is 1. The van der Waals surface area contributed by atoms with Crippen molar-refractivity contribution in [2.24, 2.45) is 0 Å². The highest BCUT2D eigenvalue weighted by atomic mass is 79.9. The lowest BCUT2D eigenvalue weighted by Gasteiger charge is -2.00. The number of carbonyl (C=O) groups excluding carboxylic acids is 1. The zero-order valence-electron chi connectivity index (χ0n) is 5.94. The molecule has 0 fully saturated rings. The molecule has 2 N–H and O–H groups in total. The molecule has 0 saturated carbocycles. The van der Waals surface area contributed by atoms with E-state index < -0.39 is 0 Å². The Balaban J connectivity index is 2.58. The van der Waals surface area contributed by atoms with Gasteiger partial charge in [-0.2, -0.15) is 0 Å². The van der Waals surface area contributed by atoms with Crippen LogP contribution >= 0.6 is 15.9 Å². The maximum atomic E-state index is 11.1. The molecule has 1 aromatic heterocycles. The Bertz CT molecular complexity index is 318. The smallest absolute Gasteiger partial charge is 0.253 e. The number of H-pyrrole nitrogens is 1. The van der Waals surface area contributed by atoms with Gasteiger partial charge in [-0.1, -0.05) is 0 Å². The molecule has 3 nitrogen and oxygen atoms in total. The number of aromatic nitrogens is 1. The average Bonchev–Trinajstić information content (AvgIpc) is 2.38. The topological polar surface area (TPSA) is 44.9 Å². The van der Waals surface area contributed by atoms with Gasteiger partial charge in [-0.3, -0.25) is 4.79 Å². The van der Waals surface area contributed by atoms with Crippen LogP contribution in [0.3, 0.4) is 0 Å². The van der Waals surface area contributed by atoms with E-state index in [-0.39, 0.29) is 11.9 Å². The first-order chi connectivity index (χ1) is 5.18. The molecule has 0 aliphatic carbocycles. The Hall–Kier alpha value is -0.770. The molecule has 2 heterocycles. The number of fused-ring (bicyclic) bond motifs is 1. The van der Waals surface area contributed by atoms with Gasteiger partial charge in [0.1, 0.15) is 0 Å². The lowest BCUT2D eigenvalue weighted by atomic mass is 10.2. The van der Waals surface area contributed by atoms with Crippen molar-refractivity contribution in [3.63, 3.8) is 0 Å². The molecule has 0 radical (unpaired) electrons. The van der Waals surface area contributed by atoms with Gasteiger partial charge in [0.25, 0.3) is 5.91 Å². The van der Waals surface area contributed by atoms with E-state index in [1.807, 2.05) is 6.92 Å². The van der Waals surface area contributed by atoms with Crippen LogP contribution in [0.4, 0.5) is 0 Å². The maximum Gasteiger partial charge on any atom is 0.253 e. The maximum absolute atomic E-state index is 11.1. The van der Waals surface area contributed by atoms with Crippen molar-refractivity contribution in [1.82, 2.24) is 10.3 Å². The fraction of sp³-hybridized carbons (Fsp3) is 0.286. The molecule has 4 heteroatoms. The normalized spacial score (nSPS) is 21.6. The van der Waals surface area contributed by atoms with E-state index in [9.17, 15) is 4.79 Å². The number of nitrogens with one attached hydrogen (secondary N) is 2. The van der Waals surface area contributed by atoms with Gasteiger partial charge in [0.2, 0.25) is 0 Å². The van der Waals surface area contributed by atoms with Gasteiger partial charge in [0.05, 0.1) is 21.9 Å². The highest BCUT2D eigenvalue weighted by Gasteiger charge is 2.27. The molecule has 0 bridgehead atoms. The number of carbonyl (C=O) groups is 1. The van der Waals surface area contributed by atoms with Crippen molar-refractivity contribution in [1.29, 1.82) is 0 Å². The highest BCUT2D eigenvalue weighted by Crippen LogP contribution is 2.26. The SMILES string of the molecule is C[C@H]1NC(=O)c2cc(Br)[nH]c21. The summed E-state index contributed by atoms with van der Waals surface area (Å²) >= 11 is 3.28. The first kappa shape index (κ1) is 6.91. The van der Waals surface area contributed by atoms with Gasteiger partial charge in [-0.05, 0) is 28.9 Å². The summed E-state index contributed by atoms with van der Waals surface area (Å²) in [5.74, 6) is 0.00875. The number of hydrogen-bond acceptors (Lipinski definition) is 1. The predicted octanol–water partition coefficient (Wildman–Crippen LogP) is 1.58. The van der Waals surface area contributed by atoms with Crippen molar-refractivity contribution >= 4 is 21.8 Å². The molecule has 2 rings (SSSR count). The summed E-state index contributed by atoms with van der Waals surface area (Å²) in [6, 6.07) is 1.91. The van der Waals surface area contributed by atoms with Crippen LogP contribution in [0.15, 0.2) is 10.7 Å². The third kappa shape index (κ3) is 0.894. The Morgan fingerprint density at radius 2 is 2.36 bits per heavy atom. The van der Waals surface area contributed by atoms with E-state index in [1.54, 1.807) is 6.07 Å². The monoisotopic (exact) mass is 214 g/mol. The molecule has 1 aliphatic heterocycles. The van der Waals surface area contributed by atoms with Crippen LogP contribution in [0.5, 0.6) is 0 Å². The molecule has 1 atom stereocenters. The molecule has 0 unspecified atom stereocenters. The molecule has 0 aromatic carbocycles. The van der Waals surface area contributed by atoms with Crippen LogP contribution in [0, 0.1) is 0 Å². The lowest BCUT2D eigenvalue weighted by molar-refractivity contribution is 0.0958. The van der Waals surface area contributed by atoms with E-state index in [1.165, 1.54) is 0 Å². The van der Waals surface area contributed by atoms with Gasteiger partial charge >= 0.3 is 0 Å². The zero-order valence-corrected chi connectivity index (χ0v) is 7.53. The summed E-state index contributed by atoms with van der Waals surface area (Å²) in [5.41, 5.74) is 1.73. The molecule has 1 aliphatic rings. The van der Waals surface area contributed by atoms with Gasteiger partial charge in [-0.25, -0.2) is 0 Å². The molecule has 0 spiro atoms. The molecule has 0 saturated heterocycles. The lowest BCUT2D eigenvalue weighted by Crippen LogP contribution is -2.16.